The third kappa shape index (κ3) is 14.1. The normalized spacial score (nSPS) is 16.6. The van der Waals surface area contributed by atoms with E-state index in [4.69, 9.17) is 38.2 Å². The second-order valence-corrected chi connectivity index (χ2v) is 17.8. The van der Waals surface area contributed by atoms with Gasteiger partial charge in [-0.3, -0.25) is 29.2 Å². The van der Waals surface area contributed by atoms with Gasteiger partial charge in [-0.15, -0.1) is 0 Å². The van der Waals surface area contributed by atoms with Gasteiger partial charge in [0.25, 0.3) is 11.8 Å². The molecule has 0 fully saturated rings. The first kappa shape index (κ1) is 51.4. The summed E-state index contributed by atoms with van der Waals surface area (Å²) in [6.45, 7) is 11.6. The van der Waals surface area contributed by atoms with Gasteiger partial charge < -0.3 is 43.0 Å². The van der Waals surface area contributed by atoms with E-state index >= 15 is 0 Å². The summed E-state index contributed by atoms with van der Waals surface area (Å²) in [6, 6.07) is 12.7. The van der Waals surface area contributed by atoms with Crippen molar-refractivity contribution in [3.8, 4) is 29.1 Å². The molecule has 2 amide bonds. The molecule has 370 valence electrons. The number of hydrogen-bond acceptors (Lipinski definition) is 13. The molecule has 0 aliphatic carbocycles. The standard InChI is InChI=1S/C55H64N4O11/c1-6-45(60)12-9-14-65-16-18-67-20-21-68-19-17-66-15-13-46(61)11-8-7-10-40-25-41(35-69-51-29-49-47(24-39(51)4)54(62)58-33-37(2)22-43(58)31-56-49)27-42(26-40)36-70-53-30-50-48(28-52(53)64-5)55(63)59-34-38(3)23-44(59)32-57-50/h24-34,43-44H,6,8-9,11-23,35-36H2,1-5H3/t43-,44-/m0/s1. The molecule has 0 unspecified atom stereocenters. The second kappa shape index (κ2) is 25.4. The maximum atomic E-state index is 13.6. The van der Waals surface area contributed by atoms with Crippen LogP contribution < -0.4 is 14.2 Å². The van der Waals surface area contributed by atoms with Crippen LogP contribution in [0.15, 0.2) is 76.0 Å². The lowest BCUT2D eigenvalue weighted by atomic mass is 10.1. The summed E-state index contributed by atoms with van der Waals surface area (Å²) in [5.41, 5.74) is 7.45. The number of Topliss-reactive ketones (excluding diaryl/α,β-unsaturated/α-hetero) is 2. The predicted molar refractivity (Wildman–Crippen MR) is 266 cm³/mol. The number of carbonyl (C=O) groups is 4. The average molecular weight is 957 g/mol. The molecule has 0 spiro atoms. The monoisotopic (exact) mass is 956 g/mol. The van der Waals surface area contributed by atoms with Crippen molar-refractivity contribution in [2.75, 3.05) is 60.0 Å². The maximum Gasteiger partial charge on any atom is 0.260 e. The molecule has 70 heavy (non-hydrogen) atoms. The summed E-state index contributed by atoms with van der Waals surface area (Å²) in [4.78, 5) is 63.9. The number of ketones is 2. The van der Waals surface area contributed by atoms with E-state index in [9.17, 15) is 19.2 Å². The van der Waals surface area contributed by atoms with Crippen LogP contribution in [-0.2, 0) is 41.8 Å². The van der Waals surface area contributed by atoms with E-state index < -0.39 is 0 Å². The average Bonchev–Trinajstić information content (AvgIpc) is 3.87. The van der Waals surface area contributed by atoms with Crippen LogP contribution in [0, 0.1) is 18.8 Å². The number of hydrogen-bond donors (Lipinski definition) is 0. The van der Waals surface area contributed by atoms with Crippen molar-refractivity contribution in [2.45, 2.75) is 104 Å². The van der Waals surface area contributed by atoms with Crippen LogP contribution in [-0.4, -0.2) is 118 Å². The predicted octanol–water partition coefficient (Wildman–Crippen LogP) is 8.75. The summed E-state index contributed by atoms with van der Waals surface area (Å²) < 4.78 is 40.7. The maximum absolute atomic E-state index is 13.6. The van der Waals surface area contributed by atoms with E-state index in [2.05, 4.69) is 16.8 Å². The minimum absolute atomic E-state index is 0.0564. The van der Waals surface area contributed by atoms with Gasteiger partial charge in [-0.25, -0.2) is 0 Å². The molecule has 0 bridgehead atoms. The van der Waals surface area contributed by atoms with Crippen LogP contribution in [0.2, 0.25) is 0 Å². The first-order chi connectivity index (χ1) is 34.0. The number of carbonyl (C=O) groups excluding carboxylic acids is 4. The number of aliphatic imine (C=N–C) groups is 2. The summed E-state index contributed by atoms with van der Waals surface area (Å²) >= 11 is 0. The van der Waals surface area contributed by atoms with Gasteiger partial charge in [0.2, 0.25) is 0 Å². The molecule has 15 heteroatoms. The first-order valence-electron chi connectivity index (χ1n) is 24.2. The van der Waals surface area contributed by atoms with E-state index in [1.807, 2.05) is 76.6 Å². The molecule has 0 N–H and O–H groups in total. The van der Waals surface area contributed by atoms with Gasteiger partial charge in [-0.05, 0) is 87.1 Å². The topological polar surface area (TPSA) is 164 Å². The molecule has 4 heterocycles. The Balaban J connectivity index is 0.932. The zero-order valence-electron chi connectivity index (χ0n) is 41.0. The lowest BCUT2D eigenvalue weighted by molar-refractivity contribution is -0.120. The molecule has 2 atom stereocenters. The molecule has 3 aromatic carbocycles. The van der Waals surface area contributed by atoms with E-state index in [0.29, 0.717) is 112 Å². The van der Waals surface area contributed by atoms with Crippen molar-refractivity contribution in [1.29, 1.82) is 0 Å². The third-order valence-corrected chi connectivity index (χ3v) is 12.2. The summed E-state index contributed by atoms with van der Waals surface area (Å²) in [7, 11) is 1.54. The highest BCUT2D eigenvalue weighted by molar-refractivity contribution is 6.05. The fourth-order valence-corrected chi connectivity index (χ4v) is 8.43. The lowest BCUT2D eigenvalue weighted by Gasteiger charge is -2.19. The highest BCUT2D eigenvalue weighted by Gasteiger charge is 2.33. The quantitative estimate of drug-likeness (QED) is 0.0558. The smallest absolute Gasteiger partial charge is 0.260 e. The summed E-state index contributed by atoms with van der Waals surface area (Å²) in [5, 5.41) is 0. The number of ether oxygens (including phenoxy) is 7. The second-order valence-electron chi connectivity index (χ2n) is 17.8. The van der Waals surface area contributed by atoms with Crippen LogP contribution in [0.25, 0.3) is 0 Å². The van der Waals surface area contributed by atoms with E-state index in [0.717, 1.165) is 52.7 Å². The first-order valence-corrected chi connectivity index (χ1v) is 24.2. The Hall–Kier alpha value is -6.44. The Morgan fingerprint density at radius 1 is 0.629 bits per heavy atom. The van der Waals surface area contributed by atoms with Crippen LogP contribution in [0.1, 0.15) is 115 Å². The number of aryl methyl sites for hydroxylation is 1. The van der Waals surface area contributed by atoms with E-state index in [-0.39, 0.29) is 61.5 Å². The molecule has 3 aromatic rings. The van der Waals surface area contributed by atoms with Crippen LogP contribution >= 0.6 is 0 Å². The molecule has 0 aromatic heterocycles. The van der Waals surface area contributed by atoms with E-state index in [1.54, 1.807) is 28.1 Å². The molecule has 0 radical (unpaired) electrons. The number of methoxy groups -OCH3 is 1. The molecule has 7 rings (SSSR count). The molecular formula is C55H64N4O11. The van der Waals surface area contributed by atoms with Gasteiger partial charge in [-0.1, -0.05) is 29.9 Å². The van der Waals surface area contributed by atoms with E-state index in [1.165, 1.54) is 7.11 Å². The van der Waals surface area contributed by atoms with Gasteiger partial charge >= 0.3 is 0 Å². The third-order valence-electron chi connectivity index (χ3n) is 12.2. The van der Waals surface area contributed by atoms with Crippen molar-refractivity contribution in [1.82, 2.24) is 9.80 Å². The molecule has 4 aliphatic heterocycles. The minimum atomic E-state index is -0.145. The number of benzene rings is 3. The van der Waals surface area contributed by atoms with Gasteiger partial charge in [0, 0.05) is 81.2 Å². The fourth-order valence-electron chi connectivity index (χ4n) is 8.43. The van der Waals surface area contributed by atoms with Crippen molar-refractivity contribution in [3.63, 3.8) is 0 Å². The van der Waals surface area contributed by atoms with Crippen molar-refractivity contribution in [3.05, 3.63) is 99.4 Å². The van der Waals surface area contributed by atoms with Crippen molar-refractivity contribution < 1.29 is 52.3 Å². The minimum Gasteiger partial charge on any atom is -0.493 e. The summed E-state index contributed by atoms with van der Waals surface area (Å²) in [6.07, 6.45) is 11.7. The van der Waals surface area contributed by atoms with Crippen LogP contribution in [0.4, 0.5) is 11.4 Å². The zero-order chi connectivity index (χ0) is 49.4. The van der Waals surface area contributed by atoms with Gasteiger partial charge in [-0.2, -0.15) is 0 Å². The highest BCUT2D eigenvalue weighted by Crippen LogP contribution is 2.39. The Morgan fingerprint density at radius 3 is 1.76 bits per heavy atom. The molecular weight excluding hydrogens is 893 g/mol. The Morgan fingerprint density at radius 2 is 1.17 bits per heavy atom. The Labute approximate surface area is 410 Å². The number of amides is 2. The SMILES string of the molecule is CCC(=O)CCCOCCOCCOCCOCCC(=O)CCC#Cc1cc(COc2cc3c(cc2C)C(=O)N2C=C(C)C[C@H]2C=N3)cc(COc2cc3c(cc2OC)C(=O)N2C=C(C)C[C@H]2C=N3)c1. The van der Waals surface area contributed by atoms with Crippen LogP contribution in [0.3, 0.4) is 0 Å². The zero-order valence-corrected chi connectivity index (χ0v) is 41.0. The fraction of sp³-hybridized carbons (Fsp3) is 0.455. The van der Waals surface area contributed by atoms with Gasteiger partial charge in [0.15, 0.2) is 11.5 Å². The number of fused-ring (bicyclic) bond motifs is 4. The molecule has 0 saturated heterocycles. The van der Waals surface area contributed by atoms with Gasteiger partial charge in [0.1, 0.15) is 30.5 Å². The Bertz CT molecular complexity index is 2590. The van der Waals surface area contributed by atoms with Gasteiger partial charge in [0.05, 0.1) is 87.9 Å². The summed E-state index contributed by atoms with van der Waals surface area (Å²) in [5.74, 6) is 7.94. The molecule has 15 nitrogen and oxygen atoms in total. The lowest BCUT2D eigenvalue weighted by Crippen LogP contribution is -2.32. The molecule has 4 aliphatic rings. The largest absolute Gasteiger partial charge is 0.493 e. The Kier molecular flexibility index (Phi) is 18.7. The van der Waals surface area contributed by atoms with Crippen molar-refractivity contribution >= 4 is 47.2 Å². The highest BCUT2D eigenvalue weighted by atomic mass is 16.6. The van der Waals surface area contributed by atoms with Crippen molar-refractivity contribution in [2.24, 2.45) is 9.98 Å². The number of rotatable bonds is 26. The molecule has 0 saturated carbocycles. The van der Waals surface area contributed by atoms with Crippen LogP contribution in [0.5, 0.6) is 17.2 Å². The number of nitrogens with zero attached hydrogens (tertiary/aromatic N) is 4.